The zero-order valence-corrected chi connectivity index (χ0v) is 20.4. The van der Waals surface area contributed by atoms with Crippen molar-refractivity contribution in [2.75, 3.05) is 13.1 Å². The summed E-state index contributed by atoms with van der Waals surface area (Å²) >= 11 is 0. The number of ether oxygens (including phenoxy) is 1. The molecule has 0 bridgehead atoms. The second-order valence-electron chi connectivity index (χ2n) is 8.59. The van der Waals surface area contributed by atoms with E-state index in [1.807, 2.05) is 0 Å². The third-order valence-corrected chi connectivity index (χ3v) is 5.75. The summed E-state index contributed by atoms with van der Waals surface area (Å²) in [7, 11) is 0. The molecule has 0 aliphatic carbocycles. The fourth-order valence-electron chi connectivity index (χ4n) is 3.97. The fourth-order valence-corrected chi connectivity index (χ4v) is 3.97. The van der Waals surface area contributed by atoms with Gasteiger partial charge in [0.05, 0.1) is 5.92 Å². The average molecular weight is 445 g/mol. The molecule has 186 valence electrons. The molecule has 0 saturated heterocycles. The third-order valence-electron chi connectivity index (χ3n) is 5.75. The van der Waals surface area contributed by atoms with Gasteiger partial charge in [-0.3, -0.25) is 16.5 Å². The molecule has 0 aromatic heterocycles. The van der Waals surface area contributed by atoms with Crippen LogP contribution in [0.2, 0.25) is 0 Å². The molecule has 0 aromatic rings. The molecule has 0 aliphatic heterocycles. The van der Waals surface area contributed by atoms with Gasteiger partial charge in [0, 0.05) is 13.1 Å². The number of unbranched alkanes of at least 4 members (excludes halogenated alkanes) is 8. The Morgan fingerprint density at radius 1 is 0.677 bits per heavy atom. The highest BCUT2D eigenvalue weighted by Crippen LogP contribution is 2.21. The molecule has 8 N–H and O–H groups in total. The van der Waals surface area contributed by atoms with Crippen molar-refractivity contribution in [3.63, 3.8) is 0 Å². The monoisotopic (exact) mass is 444 g/mol. The highest BCUT2D eigenvalue weighted by molar-refractivity contribution is 5.72. The van der Waals surface area contributed by atoms with Gasteiger partial charge in [0.15, 0.2) is 0 Å². The van der Waals surface area contributed by atoms with E-state index in [9.17, 15) is 4.79 Å². The number of nitrogens with one attached hydrogen (secondary N) is 4. The van der Waals surface area contributed by atoms with E-state index in [0.717, 1.165) is 77.3 Å². The summed E-state index contributed by atoms with van der Waals surface area (Å²) < 4.78 is 5.99. The van der Waals surface area contributed by atoms with Gasteiger partial charge in [0.25, 0.3) is 0 Å². The van der Waals surface area contributed by atoms with Gasteiger partial charge in [0.2, 0.25) is 0 Å². The minimum absolute atomic E-state index is 0.0406. The quantitative estimate of drug-likeness (QED) is 0.0575. The third kappa shape index (κ3) is 19.6. The molecule has 0 saturated carbocycles. The molecule has 0 amide bonds. The molecule has 0 heterocycles. The second-order valence-corrected chi connectivity index (χ2v) is 8.59. The van der Waals surface area contributed by atoms with Crippen LogP contribution < -0.4 is 33.6 Å². The fraction of sp³-hybridized carbons (Fsp3) is 0.957. The highest BCUT2D eigenvalue weighted by atomic mass is 16.5. The van der Waals surface area contributed by atoms with Crippen LogP contribution in [-0.4, -0.2) is 25.2 Å². The van der Waals surface area contributed by atoms with Crippen molar-refractivity contribution in [1.29, 1.82) is 0 Å². The Labute approximate surface area is 191 Å². The van der Waals surface area contributed by atoms with E-state index in [1.54, 1.807) is 0 Å². The molecule has 0 spiro atoms. The Morgan fingerprint density at radius 3 is 1.68 bits per heavy atom. The van der Waals surface area contributed by atoms with E-state index < -0.39 is 0 Å². The summed E-state index contributed by atoms with van der Waals surface area (Å²) in [5.41, 5.74) is 10.7. The molecule has 0 fully saturated rings. The smallest absolute Gasteiger partial charge is 0.309 e. The van der Waals surface area contributed by atoms with Crippen LogP contribution in [0.15, 0.2) is 0 Å². The van der Waals surface area contributed by atoms with E-state index in [4.69, 9.17) is 16.4 Å². The first-order valence-electron chi connectivity index (χ1n) is 12.8. The first-order valence-corrected chi connectivity index (χ1v) is 12.8. The Morgan fingerprint density at radius 2 is 1.16 bits per heavy atom. The van der Waals surface area contributed by atoms with E-state index in [-0.39, 0.29) is 18.0 Å². The van der Waals surface area contributed by atoms with Crippen LogP contribution in [0.3, 0.4) is 0 Å². The van der Waals surface area contributed by atoms with Crippen molar-refractivity contribution < 1.29 is 9.53 Å². The maximum Gasteiger partial charge on any atom is 0.309 e. The standard InChI is InChI=1S/C23H52N6O2/c1-3-15-21(17-11-7-5-9-13-19-26-28-24)23(30)31-22(16-4-2)18-12-8-6-10-14-20-27-29-25/h21-22,26-29H,3-20,24-25H2,1-2H3. The van der Waals surface area contributed by atoms with Crippen LogP contribution in [-0.2, 0) is 9.53 Å². The van der Waals surface area contributed by atoms with Crippen molar-refractivity contribution in [1.82, 2.24) is 21.9 Å². The lowest BCUT2D eigenvalue weighted by molar-refractivity contribution is -0.155. The molecule has 2 unspecified atom stereocenters. The molecular weight excluding hydrogens is 392 g/mol. The normalized spacial score (nSPS) is 13.3. The minimum atomic E-state index is 0.0406. The number of carbonyl (C=O) groups is 1. The lowest BCUT2D eigenvalue weighted by atomic mass is 9.96. The van der Waals surface area contributed by atoms with Crippen LogP contribution in [0.4, 0.5) is 0 Å². The van der Waals surface area contributed by atoms with Gasteiger partial charge in [-0.1, -0.05) is 71.6 Å². The highest BCUT2D eigenvalue weighted by Gasteiger charge is 2.22. The molecule has 31 heavy (non-hydrogen) atoms. The molecule has 2 atom stereocenters. The Bertz CT molecular complexity index is 387. The van der Waals surface area contributed by atoms with Crippen molar-refractivity contribution in [2.45, 2.75) is 123 Å². The molecule has 0 radical (unpaired) electrons. The number of nitrogens with two attached hydrogens (primary N) is 2. The number of hydrazine groups is 4. The van der Waals surface area contributed by atoms with Crippen molar-refractivity contribution in [3.05, 3.63) is 0 Å². The topological polar surface area (TPSA) is 126 Å². The van der Waals surface area contributed by atoms with Gasteiger partial charge in [-0.25, -0.2) is 10.9 Å². The first kappa shape index (κ1) is 30.2. The summed E-state index contributed by atoms with van der Waals surface area (Å²) in [5.74, 6) is 10.5. The van der Waals surface area contributed by atoms with Gasteiger partial charge in [0.1, 0.15) is 6.10 Å². The van der Waals surface area contributed by atoms with Crippen LogP contribution in [0.25, 0.3) is 0 Å². The van der Waals surface area contributed by atoms with E-state index >= 15 is 0 Å². The van der Waals surface area contributed by atoms with Crippen molar-refractivity contribution in [2.24, 2.45) is 17.6 Å². The van der Waals surface area contributed by atoms with Gasteiger partial charge >= 0.3 is 5.97 Å². The van der Waals surface area contributed by atoms with E-state index in [1.165, 1.54) is 38.5 Å². The second kappa shape index (κ2) is 23.9. The lowest BCUT2D eigenvalue weighted by Crippen LogP contribution is -2.38. The van der Waals surface area contributed by atoms with Crippen LogP contribution in [0.1, 0.15) is 117 Å². The number of hydrogen-bond donors (Lipinski definition) is 6. The Balaban J connectivity index is 4.09. The summed E-state index contributed by atoms with van der Waals surface area (Å²) in [6.45, 7) is 6.11. The largest absolute Gasteiger partial charge is 0.462 e. The number of esters is 1. The summed E-state index contributed by atoms with van der Waals surface area (Å²) in [4.78, 5) is 12.8. The SMILES string of the molecule is CCCC(CCCCCCCNNN)OC(=O)C(CCC)CCCCCCCNNN. The first-order chi connectivity index (χ1) is 15.2. The van der Waals surface area contributed by atoms with Gasteiger partial charge < -0.3 is 4.74 Å². The van der Waals surface area contributed by atoms with Gasteiger partial charge in [-0.15, -0.1) is 0 Å². The van der Waals surface area contributed by atoms with Crippen LogP contribution >= 0.6 is 0 Å². The van der Waals surface area contributed by atoms with Crippen LogP contribution in [0, 0.1) is 5.92 Å². The Kier molecular flexibility index (Phi) is 23.3. The average Bonchev–Trinajstić information content (AvgIpc) is 2.76. The number of carbonyl (C=O) groups excluding carboxylic acids is 1. The lowest BCUT2D eigenvalue weighted by Gasteiger charge is -2.22. The summed E-state index contributed by atoms with van der Waals surface area (Å²) in [6, 6.07) is 0. The predicted molar refractivity (Wildman–Crippen MR) is 129 cm³/mol. The maximum atomic E-state index is 12.8. The predicted octanol–water partition coefficient (Wildman–Crippen LogP) is 3.73. The zero-order chi connectivity index (χ0) is 23.0. The molecule has 8 nitrogen and oxygen atoms in total. The molecule has 0 aromatic carbocycles. The number of rotatable bonds is 24. The van der Waals surface area contributed by atoms with Crippen LogP contribution in [0.5, 0.6) is 0 Å². The number of hydrogen-bond acceptors (Lipinski definition) is 8. The summed E-state index contributed by atoms with van der Waals surface area (Å²) in [5, 5.41) is 0. The molecule has 8 heteroatoms. The molecule has 0 aliphatic rings. The summed E-state index contributed by atoms with van der Waals surface area (Å²) in [6.07, 6.45) is 17.7. The zero-order valence-electron chi connectivity index (χ0n) is 20.4. The molecule has 0 rings (SSSR count). The van der Waals surface area contributed by atoms with Crippen molar-refractivity contribution in [3.8, 4) is 0 Å². The van der Waals surface area contributed by atoms with Gasteiger partial charge in [-0.05, 0) is 44.9 Å². The van der Waals surface area contributed by atoms with Gasteiger partial charge in [-0.2, -0.15) is 11.1 Å². The minimum Gasteiger partial charge on any atom is -0.462 e. The molecular formula is C23H52N6O2. The van der Waals surface area contributed by atoms with E-state index in [0.29, 0.717) is 0 Å². The van der Waals surface area contributed by atoms with Crippen molar-refractivity contribution >= 4 is 5.97 Å². The van der Waals surface area contributed by atoms with E-state index in [2.05, 4.69) is 35.8 Å². The maximum absolute atomic E-state index is 12.8. The Hall–Kier alpha value is -0.770.